The van der Waals surface area contributed by atoms with Crippen molar-refractivity contribution in [2.45, 2.75) is 32.4 Å². The van der Waals surface area contributed by atoms with Gasteiger partial charge < -0.3 is 15.2 Å². The molecule has 0 bridgehead atoms. The summed E-state index contributed by atoms with van der Waals surface area (Å²) < 4.78 is 6.63. The van der Waals surface area contributed by atoms with Gasteiger partial charge in [0.1, 0.15) is 0 Å². The van der Waals surface area contributed by atoms with Crippen molar-refractivity contribution in [2.75, 3.05) is 13.7 Å². The van der Waals surface area contributed by atoms with Crippen LogP contribution in [0.25, 0.3) is 11.0 Å². The fourth-order valence-corrected chi connectivity index (χ4v) is 2.20. The van der Waals surface area contributed by atoms with Crippen molar-refractivity contribution in [1.82, 2.24) is 20.1 Å². The van der Waals surface area contributed by atoms with Gasteiger partial charge in [-0.15, -0.1) is 0 Å². The van der Waals surface area contributed by atoms with Crippen LogP contribution in [-0.4, -0.2) is 51.0 Å². The molecular weight excluding hydrogens is 300 g/mol. The van der Waals surface area contributed by atoms with Crippen LogP contribution in [0.15, 0.2) is 18.5 Å². The third-order valence-corrected chi connectivity index (χ3v) is 3.48. The lowest BCUT2D eigenvalue weighted by Gasteiger charge is -2.25. The van der Waals surface area contributed by atoms with Gasteiger partial charge in [-0.05, 0) is 26.8 Å². The first kappa shape index (κ1) is 16.9. The van der Waals surface area contributed by atoms with E-state index in [1.807, 2.05) is 13.8 Å². The van der Waals surface area contributed by atoms with Gasteiger partial charge in [0.05, 0.1) is 18.4 Å². The predicted molar refractivity (Wildman–Crippen MR) is 83.3 cm³/mol. The van der Waals surface area contributed by atoms with Crippen LogP contribution in [-0.2, 0) is 9.53 Å². The minimum atomic E-state index is -1.51. The number of nitrogens with one attached hydrogen (secondary N) is 1. The van der Waals surface area contributed by atoms with Crippen molar-refractivity contribution in [2.24, 2.45) is 0 Å². The molecule has 0 radical (unpaired) electrons. The second kappa shape index (κ2) is 6.33. The number of ether oxygens (including phenoxy) is 1. The number of amides is 1. The Morgan fingerprint density at radius 1 is 1.43 bits per heavy atom. The van der Waals surface area contributed by atoms with Crippen LogP contribution in [0.5, 0.6) is 0 Å². The van der Waals surface area contributed by atoms with E-state index in [0.717, 1.165) is 5.39 Å². The van der Waals surface area contributed by atoms with Gasteiger partial charge in [0.15, 0.2) is 11.2 Å². The molecule has 0 aromatic carbocycles. The number of pyridine rings is 1. The Balaban J connectivity index is 2.29. The van der Waals surface area contributed by atoms with Gasteiger partial charge in [-0.2, -0.15) is 5.10 Å². The van der Waals surface area contributed by atoms with Gasteiger partial charge in [-0.25, -0.2) is 14.5 Å². The lowest BCUT2D eigenvalue weighted by molar-refractivity contribution is -0.145. The number of carboxylic acid groups (broad SMARTS) is 1. The smallest absolute Gasteiger partial charge is 0.331 e. The predicted octanol–water partition coefficient (Wildman–Crippen LogP) is 1.23. The molecule has 1 unspecified atom stereocenters. The van der Waals surface area contributed by atoms with E-state index in [9.17, 15) is 14.7 Å². The van der Waals surface area contributed by atoms with Crippen LogP contribution in [0.4, 0.5) is 0 Å². The molecule has 0 aliphatic heterocycles. The number of carboxylic acids is 1. The molecule has 23 heavy (non-hydrogen) atoms. The number of aliphatic carboxylic acids is 1. The number of hydrogen-bond donors (Lipinski definition) is 2. The summed E-state index contributed by atoms with van der Waals surface area (Å²) in [6.45, 7) is 5.21. The quantitative estimate of drug-likeness (QED) is 0.829. The number of nitrogens with zero attached hydrogens (tertiary/aromatic N) is 3. The molecule has 2 aromatic heterocycles. The van der Waals surface area contributed by atoms with E-state index in [0.29, 0.717) is 5.65 Å². The number of aromatic nitrogens is 3. The summed E-state index contributed by atoms with van der Waals surface area (Å²) in [5.41, 5.74) is -0.568. The maximum Gasteiger partial charge on any atom is 0.331 e. The molecule has 2 N–H and O–H groups in total. The van der Waals surface area contributed by atoms with Crippen molar-refractivity contribution in [1.29, 1.82) is 0 Å². The maximum atomic E-state index is 12.3. The summed E-state index contributed by atoms with van der Waals surface area (Å²) in [5, 5.41) is 16.7. The van der Waals surface area contributed by atoms with Crippen LogP contribution in [0.2, 0.25) is 0 Å². The van der Waals surface area contributed by atoms with Crippen LogP contribution in [0, 0.1) is 0 Å². The summed E-state index contributed by atoms with van der Waals surface area (Å²) in [5.74, 6) is -1.70. The van der Waals surface area contributed by atoms with Gasteiger partial charge in [-0.3, -0.25) is 4.79 Å². The Labute approximate surface area is 133 Å². The number of hydrogen-bond acceptors (Lipinski definition) is 5. The van der Waals surface area contributed by atoms with Gasteiger partial charge in [0.2, 0.25) is 0 Å². The van der Waals surface area contributed by atoms with Gasteiger partial charge in [0.25, 0.3) is 5.91 Å². The van der Waals surface area contributed by atoms with E-state index in [4.69, 9.17) is 4.74 Å². The molecule has 0 saturated heterocycles. The molecule has 8 nitrogen and oxygen atoms in total. The Morgan fingerprint density at radius 2 is 2.13 bits per heavy atom. The lowest BCUT2D eigenvalue weighted by atomic mass is 10.0. The number of methoxy groups -OCH3 is 1. The molecule has 0 saturated carbocycles. The third-order valence-electron chi connectivity index (χ3n) is 3.48. The van der Waals surface area contributed by atoms with E-state index in [1.54, 1.807) is 16.9 Å². The summed E-state index contributed by atoms with van der Waals surface area (Å²) in [7, 11) is 1.38. The normalized spacial score (nSPS) is 14.0. The molecule has 0 fully saturated rings. The number of carbonyl (C=O) groups excluding carboxylic acids is 1. The number of rotatable bonds is 6. The molecule has 2 aromatic rings. The Morgan fingerprint density at radius 3 is 2.70 bits per heavy atom. The highest BCUT2D eigenvalue weighted by atomic mass is 16.5. The molecule has 0 spiro atoms. The topological polar surface area (TPSA) is 106 Å². The Hall–Kier alpha value is -2.48. The van der Waals surface area contributed by atoms with Gasteiger partial charge in [0, 0.05) is 24.7 Å². The SMILES string of the molecule is COCC(C)(NC(=O)c1cnc2c(cnn2C(C)C)c1)C(=O)O. The van der Waals surface area contributed by atoms with Crippen molar-refractivity contribution < 1.29 is 19.4 Å². The molecule has 124 valence electrons. The Bertz CT molecular complexity index is 740. The molecule has 2 rings (SSSR count). The monoisotopic (exact) mass is 320 g/mol. The first-order valence-corrected chi connectivity index (χ1v) is 7.16. The zero-order chi connectivity index (χ0) is 17.2. The minimum Gasteiger partial charge on any atom is -0.479 e. The fraction of sp³-hybridized carbons (Fsp3) is 0.467. The van der Waals surface area contributed by atoms with Gasteiger partial charge in [-0.1, -0.05) is 0 Å². The minimum absolute atomic E-state index is 0.144. The van der Waals surface area contributed by atoms with E-state index >= 15 is 0 Å². The number of carbonyl (C=O) groups is 2. The fourth-order valence-electron chi connectivity index (χ4n) is 2.20. The standard InChI is InChI=1S/C15H20N4O4/c1-9(2)19-12-10(7-17-19)5-11(6-16-12)13(20)18-15(3,8-23-4)14(21)22/h5-7,9H,8H2,1-4H3,(H,18,20)(H,21,22). The van der Waals surface area contributed by atoms with Crippen LogP contribution in [0.3, 0.4) is 0 Å². The van der Waals surface area contributed by atoms with Crippen LogP contribution < -0.4 is 5.32 Å². The van der Waals surface area contributed by atoms with Crippen molar-refractivity contribution in [3.8, 4) is 0 Å². The molecule has 8 heteroatoms. The highest BCUT2D eigenvalue weighted by Gasteiger charge is 2.35. The summed E-state index contributed by atoms with van der Waals surface area (Å²) in [4.78, 5) is 27.9. The largest absolute Gasteiger partial charge is 0.479 e. The van der Waals surface area contributed by atoms with Crippen molar-refractivity contribution in [3.05, 3.63) is 24.0 Å². The summed E-state index contributed by atoms with van der Waals surface area (Å²) in [6.07, 6.45) is 3.04. The molecular formula is C15H20N4O4. The summed E-state index contributed by atoms with van der Waals surface area (Å²) in [6, 6.07) is 1.79. The number of fused-ring (bicyclic) bond motifs is 1. The maximum absolute atomic E-state index is 12.3. The third kappa shape index (κ3) is 3.31. The zero-order valence-corrected chi connectivity index (χ0v) is 13.5. The van der Waals surface area contributed by atoms with Crippen molar-refractivity contribution >= 4 is 22.9 Å². The lowest BCUT2D eigenvalue weighted by Crippen LogP contribution is -2.55. The van der Waals surface area contributed by atoms with Gasteiger partial charge >= 0.3 is 5.97 Å². The highest BCUT2D eigenvalue weighted by Crippen LogP contribution is 2.17. The Kier molecular flexibility index (Phi) is 4.65. The molecule has 2 heterocycles. The highest BCUT2D eigenvalue weighted by molar-refractivity contribution is 5.99. The van der Waals surface area contributed by atoms with E-state index in [1.165, 1.54) is 20.2 Å². The second-order valence-electron chi connectivity index (χ2n) is 5.84. The van der Waals surface area contributed by atoms with E-state index in [2.05, 4.69) is 15.4 Å². The molecule has 0 aliphatic carbocycles. The van der Waals surface area contributed by atoms with E-state index < -0.39 is 17.4 Å². The average Bonchev–Trinajstić information content (AvgIpc) is 2.90. The molecule has 1 amide bonds. The molecule has 0 aliphatic rings. The first-order valence-electron chi connectivity index (χ1n) is 7.16. The first-order chi connectivity index (χ1) is 10.8. The summed E-state index contributed by atoms with van der Waals surface area (Å²) >= 11 is 0. The molecule has 1 atom stereocenters. The van der Waals surface area contributed by atoms with Crippen molar-refractivity contribution in [3.63, 3.8) is 0 Å². The average molecular weight is 320 g/mol. The van der Waals surface area contributed by atoms with Crippen LogP contribution in [0.1, 0.15) is 37.2 Å². The second-order valence-corrected chi connectivity index (χ2v) is 5.84. The van der Waals surface area contributed by atoms with E-state index in [-0.39, 0.29) is 18.2 Å². The van der Waals surface area contributed by atoms with Crippen LogP contribution >= 0.6 is 0 Å². The zero-order valence-electron chi connectivity index (χ0n) is 13.5.